The molecule has 0 heterocycles. The molecule has 71 heavy (non-hydrogen) atoms. The highest BCUT2D eigenvalue weighted by molar-refractivity contribution is 5.85. The number of nitrogen functional groups attached to an aromatic ring is 1. The summed E-state index contributed by atoms with van der Waals surface area (Å²) in [7, 11) is 6.03. The van der Waals surface area contributed by atoms with E-state index in [-0.39, 0.29) is 49.9 Å². The van der Waals surface area contributed by atoms with Crippen LogP contribution in [0.2, 0.25) is 0 Å². The van der Waals surface area contributed by atoms with Crippen LogP contribution in [-0.4, -0.2) is 95.8 Å². The Hall–Kier alpha value is -6.69. The molecule has 0 aliphatic heterocycles. The van der Waals surface area contributed by atoms with Gasteiger partial charge in [-0.3, -0.25) is 24.5 Å². The monoisotopic (exact) mass is 1040 g/mol. The van der Waals surface area contributed by atoms with E-state index < -0.39 is 41.2 Å². The third kappa shape index (κ3) is 26.8. The van der Waals surface area contributed by atoms with Crippen LogP contribution in [-0.2, 0) is 40.1 Å². The Morgan fingerprint density at radius 1 is 0.521 bits per heavy atom. The molecule has 0 bridgehead atoms. The summed E-state index contributed by atoms with van der Waals surface area (Å²) in [5, 5.41) is 16.2. The number of alkyl halides is 9. The first-order valence-corrected chi connectivity index (χ1v) is 21.1. The maximum absolute atomic E-state index is 11.9. The predicted octanol–water partition coefficient (Wildman–Crippen LogP) is 8.42. The second-order valence-electron chi connectivity index (χ2n) is 14.5. The zero-order valence-corrected chi connectivity index (χ0v) is 40.0. The van der Waals surface area contributed by atoms with Crippen molar-refractivity contribution in [3.63, 3.8) is 0 Å². The van der Waals surface area contributed by atoms with Crippen molar-refractivity contribution in [1.82, 2.24) is 16.0 Å². The molecule has 0 saturated heterocycles. The van der Waals surface area contributed by atoms with Crippen molar-refractivity contribution in [2.45, 2.75) is 69.9 Å². The summed E-state index contributed by atoms with van der Waals surface area (Å²) in [5.74, 6) is -3.51. The first kappa shape index (κ1) is 64.3. The van der Waals surface area contributed by atoms with Gasteiger partial charge in [-0.05, 0) is 123 Å². The van der Waals surface area contributed by atoms with Crippen molar-refractivity contribution >= 4 is 41.5 Å². The Morgan fingerprint density at radius 2 is 0.845 bits per heavy atom. The minimum Gasteiger partial charge on any atom is -0.497 e. The molecule has 0 aliphatic carbocycles. The lowest BCUT2D eigenvalue weighted by Gasteiger charge is -2.09. The number of aryl methyl sites for hydroxylation is 4. The van der Waals surface area contributed by atoms with Crippen molar-refractivity contribution in [3.8, 4) is 23.0 Å². The van der Waals surface area contributed by atoms with E-state index in [1.807, 2.05) is 34.9 Å². The summed E-state index contributed by atoms with van der Waals surface area (Å²) >= 11 is 0. The molecule has 4 aromatic carbocycles. The Bertz CT molecular complexity index is 2200. The van der Waals surface area contributed by atoms with Gasteiger partial charge in [0.15, 0.2) is 5.75 Å². The van der Waals surface area contributed by atoms with E-state index >= 15 is 0 Å². The molecule has 7 N–H and O–H groups in total. The maximum atomic E-state index is 11.9. The van der Waals surface area contributed by atoms with Crippen LogP contribution in [0.4, 0.5) is 50.9 Å². The van der Waals surface area contributed by atoms with E-state index in [4.69, 9.17) is 30.4 Å². The van der Waals surface area contributed by atoms with Crippen molar-refractivity contribution in [1.29, 1.82) is 0 Å². The normalized spacial score (nSPS) is 10.7. The number of halogens is 10. The molecular formula is C46H58ClF9N6O9. The van der Waals surface area contributed by atoms with Crippen molar-refractivity contribution in [2.24, 2.45) is 5.73 Å². The van der Waals surface area contributed by atoms with Gasteiger partial charge >= 0.3 is 41.9 Å². The summed E-state index contributed by atoms with van der Waals surface area (Å²) in [6.45, 7) is 0.554. The first-order chi connectivity index (χ1) is 32.9. The molecule has 396 valence electrons. The number of nitrogens with one attached hydrogen (secondary N) is 3. The zero-order chi connectivity index (χ0) is 52.9. The molecular weight excluding hydrogens is 987 g/mol. The molecule has 0 spiro atoms. The van der Waals surface area contributed by atoms with E-state index in [0.717, 1.165) is 42.0 Å². The van der Waals surface area contributed by atoms with Crippen molar-refractivity contribution < 1.29 is 77.8 Å². The van der Waals surface area contributed by atoms with Crippen LogP contribution in [0, 0.1) is 10.1 Å². The number of amides is 3. The van der Waals surface area contributed by atoms with E-state index in [0.29, 0.717) is 49.1 Å². The average molecular weight is 1050 g/mol. The Morgan fingerprint density at radius 3 is 1.15 bits per heavy atom. The minimum atomic E-state index is -4.90. The number of rotatable bonds is 20. The summed E-state index contributed by atoms with van der Waals surface area (Å²) in [6.07, 6.45) is -9.94. The van der Waals surface area contributed by atoms with Crippen LogP contribution in [0.15, 0.2) is 84.9 Å². The maximum Gasteiger partial charge on any atom is 0.471 e. The molecule has 0 atom stereocenters. The molecule has 0 unspecified atom stereocenters. The van der Waals surface area contributed by atoms with Crippen molar-refractivity contribution in [2.75, 3.05) is 60.4 Å². The molecule has 0 fully saturated rings. The molecule has 0 aliphatic rings. The summed E-state index contributed by atoms with van der Waals surface area (Å²) in [6, 6.07) is 24.8. The van der Waals surface area contributed by atoms with Crippen LogP contribution in [0.1, 0.15) is 47.9 Å². The quantitative estimate of drug-likeness (QED) is 0.0186. The fraction of sp³-hybridized carbons (Fsp3) is 0.413. The Labute approximate surface area is 410 Å². The number of anilines is 1. The van der Waals surface area contributed by atoms with Gasteiger partial charge in [-0.1, -0.05) is 36.4 Å². The van der Waals surface area contributed by atoms with Gasteiger partial charge in [0.2, 0.25) is 0 Å². The lowest BCUT2D eigenvalue weighted by molar-refractivity contribution is -0.385. The van der Waals surface area contributed by atoms with E-state index in [1.165, 1.54) is 31.9 Å². The largest absolute Gasteiger partial charge is 0.497 e. The Balaban J connectivity index is 0.000000930. The third-order valence-corrected chi connectivity index (χ3v) is 9.28. The number of ether oxygens (including phenoxy) is 4. The van der Waals surface area contributed by atoms with Gasteiger partial charge in [0.25, 0.3) is 0 Å². The number of carbonyl (C=O) groups is 3. The minimum absolute atomic E-state index is 0. The van der Waals surface area contributed by atoms with Crippen LogP contribution >= 0.6 is 12.4 Å². The highest BCUT2D eigenvalue weighted by Crippen LogP contribution is 2.28. The molecule has 0 radical (unpaired) electrons. The van der Waals surface area contributed by atoms with E-state index in [9.17, 15) is 64.0 Å². The van der Waals surface area contributed by atoms with Gasteiger partial charge in [-0.15, -0.1) is 12.4 Å². The number of methoxy groups -OCH3 is 4. The number of nitrogens with zero attached hydrogens (tertiary/aromatic N) is 1. The summed E-state index contributed by atoms with van der Waals surface area (Å²) in [4.78, 5) is 41.8. The van der Waals surface area contributed by atoms with E-state index in [2.05, 4.69) is 12.1 Å². The fourth-order valence-corrected chi connectivity index (χ4v) is 5.65. The molecule has 3 amide bonds. The lowest BCUT2D eigenvalue weighted by atomic mass is 10.1. The standard InChI is InChI=1S/C12H13F3N2O4.C12H15F3N2O2.C12H14F3NO2.C10H15NO.ClH/c1-21-10-5-4-8(7-9(10)17(19)20)3-2-6-16-11(18)12(13,14)15;1-19-10-5-4-8(7-9(10)16)3-2-6-17-11(18)12(13,14)15;1-18-10-6-4-9(5-7-10)3-2-8-16-11(17)12(13,14)15;1-12-10-6-4-9(5-7-10)3-2-8-11;/h4-5,7H,2-3,6H2,1H3,(H,16,18);4-5,7H,2-3,6,16H2,1H3,(H,17,18);4-7H,2-3,8H2,1H3,(H,16,17);4-7H,2-3,8,11H2,1H3;1H. The molecule has 0 aromatic heterocycles. The smallest absolute Gasteiger partial charge is 0.471 e. The number of hydrogen-bond donors (Lipinski definition) is 5. The van der Waals surface area contributed by atoms with Gasteiger partial charge in [0, 0.05) is 25.7 Å². The Kier molecular flexibility index (Phi) is 29.9. The number of carbonyl (C=O) groups excluding carboxylic acids is 3. The molecule has 4 rings (SSSR count). The molecule has 4 aromatic rings. The number of hydrogen-bond acceptors (Lipinski definition) is 11. The number of nitro groups is 1. The highest BCUT2D eigenvalue weighted by atomic mass is 35.5. The fourth-order valence-electron chi connectivity index (χ4n) is 5.65. The van der Waals surface area contributed by atoms with Crippen LogP contribution in [0.3, 0.4) is 0 Å². The second kappa shape index (κ2) is 33.0. The van der Waals surface area contributed by atoms with Gasteiger partial charge in [0.05, 0.1) is 39.0 Å². The zero-order valence-electron chi connectivity index (χ0n) is 39.2. The van der Waals surface area contributed by atoms with Gasteiger partial charge in [-0.25, -0.2) is 0 Å². The molecule has 15 nitrogen and oxygen atoms in total. The average Bonchev–Trinajstić information content (AvgIpc) is 3.32. The van der Waals surface area contributed by atoms with Gasteiger partial charge < -0.3 is 46.4 Å². The summed E-state index contributed by atoms with van der Waals surface area (Å²) in [5.41, 5.74) is 15.1. The van der Waals surface area contributed by atoms with Crippen molar-refractivity contribution in [3.05, 3.63) is 117 Å². The van der Waals surface area contributed by atoms with Crippen LogP contribution < -0.4 is 46.4 Å². The molecule has 25 heteroatoms. The molecule has 0 saturated carbocycles. The highest BCUT2D eigenvalue weighted by Gasteiger charge is 2.39. The van der Waals surface area contributed by atoms with Crippen LogP contribution in [0.25, 0.3) is 0 Å². The summed E-state index contributed by atoms with van der Waals surface area (Å²) < 4.78 is 127. The number of nitrogens with two attached hydrogens (primary N) is 2. The lowest BCUT2D eigenvalue weighted by Crippen LogP contribution is -2.37. The predicted molar refractivity (Wildman–Crippen MR) is 250 cm³/mol. The third-order valence-electron chi connectivity index (χ3n) is 9.28. The number of benzene rings is 4. The van der Waals surface area contributed by atoms with Gasteiger partial charge in [0.1, 0.15) is 17.2 Å². The topological polar surface area (TPSA) is 219 Å². The van der Waals surface area contributed by atoms with Crippen LogP contribution in [0.5, 0.6) is 23.0 Å². The number of nitro benzene ring substituents is 1. The SMILES string of the molecule is COc1ccc(CCCN)cc1.COc1ccc(CCCNC(=O)C(F)(F)F)cc1.COc1ccc(CCCNC(=O)C(F)(F)F)cc1N.COc1ccc(CCCNC(=O)C(F)(F)F)cc1[N+](=O)[O-].Cl. The second-order valence-corrected chi connectivity index (χ2v) is 14.5. The first-order valence-electron chi connectivity index (χ1n) is 21.1. The van der Waals surface area contributed by atoms with E-state index in [1.54, 1.807) is 55.9 Å². The van der Waals surface area contributed by atoms with Gasteiger partial charge in [-0.2, -0.15) is 39.5 Å².